The molecule has 1 N–H and O–H groups in total. The van der Waals surface area contributed by atoms with Gasteiger partial charge in [0.05, 0.1) is 4.90 Å². The van der Waals surface area contributed by atoms with Crippen LogP contribution in [0.3, 0.4) is 0 Å². The van der Waals surface area contributed by atoms with Gasteiger partial charge in [0.2, 0.25) is 10.0 Å². The third-order valence-corrected chi connectivity index (χ3v) is 5.89. The molecule has 1 atom stereocenters. The molecule has 0 aliphatic heterocycles. The SMILES string of the molecule is Cc1ccc(S(=O)(=O)NCC(C)(C)C2[CH]CCCC2)cc1. The highest BCUT2D eigenvalue weighted by molar-refractivity contribution is 7.89. The minimum absolute atomic E-state index is 0.0435. The van der Waals surface area contributed by atoms with Gasteiger partial charge in [-0.05, 0) is 49.7 Å². The molecule has 1 aromatic rings. The van der Waals surface area contributed by atoms with Gasteiger partial charge in [-0.3, -0.25) is 0 Å². The smallest absolute Gasteiger partial charge is 0.211 e. The van der Waals surface area contributed by atoms with Crippen LogP contribution < -0.4 is 4.72 Å². The van der Waals surface area contributed by atoms with Crippen molar-refractivity contribution in [2.24, 2.45) is 11.3 Å². The second kappa shape index (κ2) is 6.49. The lowest BCUT2D eigenvalue weighted by Crippen LogP contribution is -2.39. The summed E-state index contributed by atoms with van der Waals surface area (Å²) in [6.07, 6.45) is 7.19. The van der Waals surface area contributed by atoms with Gasteiger partial charge in [-0.1, -0.05) is 44.4 Å². The molecule has 0 spiro atoms. The van der Waals surface area contributed by atoms with Gasteiger partial charge in [0, 0.05) is 6.54 Å². The summed E-state index contributed by atoms with van der Waals surface area (Å²) in [5.41, 5.74) is 1.02. The van der Waals surface area contributed by atoms with E-state index in [-0.39, 0.29) is 5.41 Å². The number of benzene rings is 1. The molecule has 4 heteroatoms. The van der Waals surface area contributed by atoms with Gasteiger partial charge in [-0.2, -0.15) is 0 Å². The maximum absolute atomic E-state index is 12.4. The first-order valence-corrected chi connectivity index (χ1v) is 9.19. The lowest BCUT2D eigenvalue weighted by atomic mass is 9.71. The van der Waals surface area contributed by atoms with Gasteiger partial charge in [-0.25, -0.2) is 13.1 Å². The van der Waals surface area contributed by atoms with E-state index in [2.05, 4.69) is 25.0 Å². The van der Waals surface area contributed by atoms with E-state index in [0.717, 1.165) is 12.0 Å². The van der Waals surface area contributed by atoms with E-state index >= 15 is 0 Å². The fraction of sp³-hybridized carbons (Fsp3) is 0.588. The Balaban J connectivity index is 2.01. The molecule has 3 nitrogen and oxygen atoms in total. The monoisotopic (exact) mass is 308 g/mol. The minimum Gasteiger partial charge on any atom is -0.211 e. The molecule has 21 heavy (non-hydrogen) atoms. The summed E-state index contributed by atoms with van der Waals surface area (Å²) in [4.78, 5) is 0.344. The van der Waals surface area contributed by atoms with E-state index in [1.807, 2.05) is 19.1 Å². The molecule has 0 saturated heterocycles. The predicted molar refractivity (Wildman–Crippen MR) is 86.4 cm³/mol. The van der Waals surface area contributed by atoms with Crippen LogP contribution in [0.5, 0.6) is 0 Å². The van der Waals surface area contributed by atoms with Crippen LogP contribution in [0, 0.1) is 24.7 Å². The summed E-state index contributed by atoms with van der Waals surface area (Å²) in [6, 6.07) is 6.98. The average molecular weight is 308 g/mol. The third kappa shape index (κ3) is 4.30. The highest BCUT2D eigenvalue weighted by Crippen LogP contribution is 2.37. The molecule has 0 bridgehead atoms. The molecule has 0 heterocycles. The Morgan fingerprint density at radius 1 is 1.19 bits per heavy atom. The third-order valence-electron chi connectivity index (χ3n) is 4.47. The van der Waals surface area contributed by atoms with E-state index in [1.54, 1.807) is 12.1 Å². The zero-order valence-corrected chi connectivity index (χ0v) is 14.0. The number of aryl methyl sites for hydroxylation is 1. The van der Waals surface area contributed by atoms with Crippen LogP contribution in [0.25, 0.3) is 0 Å². The zero-order valence-electron chi connectivity index (χ0n) is 13.2. The van der Waals surface area contributed by atoms with Crippen LogP contribution in [-0.4, -0.2) is 15.0 Å². The van der Waals surface area contributed by atoms with Crippen molar-refractivity contribution in [3.05, 3.63) is 36.2 Å². The fourth-order valence-electron chi connectivity index (χ4n) is 2.87. The molecule has 0 aromatic heterocycles. The Morgan fingerprint density at radius 3 is 2.43 bits per heavy atom. The van der Waals surface area contributed by atoms with Gasteiger partial charge < -0.3 is 0 Å². The van der Waals surface area contributed by atoms with Crippen LogP contribution in [0.1, 0.15) is 45.1 Å². The molecule has 0 amide bonds. The second-order valence-corrected chi connectivity index (χ2v) is 8.52. The van der Waals surface area contributed by atoms with E-state index in [4.69, 9.17) is 0 Å². The first-order valence-electron chi connectivity index (χ1n) is 7.71. The molecular formula is C17H26NO2S. The lowest BCUT2D eigenvalue weighted by molar-refractivity contribution is 0.208. The van der Waals surface area contributed by atoms with Gasteiger partial charge >= 0.3 is 0 Å². The summed E-state index contributed by atoms with van der Waals surface area (Å²) >= 11 is 0. The molecule has 1 fully saturated rings. The van der Waals surface area contributed by atoms with Gasteiger partial charge in [-0.15, -0.1) is 0 Å². The highest BCUT2D eigenvalue weighted by atomic mass is 32.2. The quantitative estimate of drug-likeness (QED) is 0.901. The maximum atomic E-state index is 12.4. The second-order valence-electron chi connectivity index (χ2n) is 6.75. The fourth-order valence-corrected chi connectivity index (χ4v) is 4.09. The number of hydrogen-bond acceptors (Lipinski definition) is 2. The Bertz CT molecular complexity index is 555. The van der Waals surface area contributed by atoms with Crippen molar-refractivity contribution in [3.63, 3.8) is 0 Å². The highest BCUT2D eigenvalue weighted by Gasteiger charge is 2.32. The van der Waals surface area contributed by atoms with Crippen molar-refractivity contribution < 1.29 is 8.42 Å². The summed E-state index contributed by atoms with van der Waals surface area (Å²) < 4.78 is 27.5. The molecule has 1 aromatic carbocycles. The maximum Gasteiger partial charge on any atom is 0.240 e. The number of hydrogen-bond donors (Lipinski definition) is 1. The van der Waals surface area contributed by atoms with Crippen molar-refractivity contribution >= 4 is 10.0 Å². The van der Waals surface area contributed by atoms with Crippen molar-refractivity contribution in [1.29, 1.82) is 0 Å². The standard InChI is InChI=1S/C17H26NO2S/c1-14-9-11-16(12-10-14)21(19,20)18-13-17(2,3)15-7-5-4-6-8-15/h7,9-12,15,18H,4-6,8,13H2,1-3H3. The van der Waals surface area contributed by atoms with E-state index < -0.39 is 10.0 Å². The van der Waals surface area contributed by atoms with E-state index in [1.165, 1.54) is 19.3 Å². The predicted octanol–water partition coefficient (Wildman–Crippen LogP) is 3.69. The van der Waals surface area contributed by atoms with Crippen LogP contribution in [-0.2, 0) is 10.0 Å². The van der Waals surface area contributed by atoms with Gasteiger partial charge in [0.15, 0.2) is 0 Å². The number of nitrogens with one attached hydrogen (secondary N) is 1. The Kier molecular flexibility index (Phi) is 5.10. The van der Waals surface area contributed by atoms with Crippen LogP contribution >= 0.6 is 0 Å². The minimum atomic E-state index is -3.41. The lowest BCUT2D eigenvalue weighted by Gasteiger charge is -2.36. The van der Waals surface area contributed by atoms with Crippen LogP contribution in [0.4, 0.5) is 0 Å². The first-order chi connectivity index (χ1) is 9.81. The van der Waals surface area contributed by atoms with Crippen LogP contribution in [0.15, 0.2) is 29.2 Å². The van der Waals surface area contributed by atoms with Crippen molar-refractivity contribution in [3.8, 4) is 0 Å². The molecule has 1 aliphatic rings. The average Bonchev–Trinajstić information content (AvgIpc) is 2.47. The molecular weight excluding hydrogens is 282 g/mol. The van der Waals surface area contributed by atoms with Crippen molar-refractivity contribution in [1.82, 2.24) is 4.72 Å². The van der Waals surface area contributed by atoms with Crippen molar-refractivity contribution in [2.45, 2.75) is 51.3 Å². The molecule has 1 unspecified atom stereocenters. The summed E-state index contributed by atoms with van der Waals surface area (Å²) in [6.45, 7) is 6.73. The Labute approximate surface area is 129 Å². The van der Waals surface area contributed by atoms with E-state index in [9.17, 15) is 8.42 Å². The van der Waals surface area contributed by atoms with Gasteiger partial charge in [0.1, 0.15) is 0 Å². The van der Waals surface area contributed by atoms with Gasteiger partial charge in [0.25, 0.3) is 0 Å². The topological polar surface area (TPSA) is 46.2 Å². The number of rotatable bonds is 5. The Hall–Kier alpha value is -0.870. The largest absolute Gasteiger partial charge is 0.240 e. The summed E-state index contributed by atoms with van der Waals surface area (Å²) in [5.74, 6) is 0.493. The normalized spacial score (nSPS) is 17.9. The molecule has 2 rings (SSSR count). The van der Waals surface area contributed by atoms with Crippen molar-refractivity contribution in [2.75, 3.05) is 6.54 Å². The molecule has 1 aliphatic carbocycles. The summed E-state index contributed by atoms with van der Waals surface area (Å²) in [5, 5.41) is 0. The van der Waals surface area contributed by atoms with E-state index in [0.29, 0.717) is 17.4 Å². The molecule has 1 radical (unpaired) electrons. The van der Waals surface area contributed by atoms with Crippen LogP contribution in [0.2, 0.25) is 0 Å². The zero-order chi connectivity index (χ0) is 15.5. The number of sulfonamides is 1. The Morgan fingerprint density at radius 2 is 1.86 bits per heavy atom. The first kappa shape index (κ1) is 16.5. The summed E-state index contributed by atoms with van der Waals surface area (Å²) in [7, 11) is -3.41. The molecule has 117 valence electrons. The molecule has 1 saturated carbocycles.